The number of thiophene rings is 1. The van der Waals surface area contributed by atoms with Crippen LogP contribution in [0.4, 0.5) is 4.79 Å². The molecule has 2 rings (SSSR count). The molecule has 0 unspecified atom stereocenters. The van der Waals surface area contributed by atoms with Gasteiger partial charge in [-0.3, -0.25) is 0 Å². The van der Waals surface area contributed by atoms with Gasteiger partial charge in [-0.25, -0.2) is 4.79 Å². The standard InChI is InChI=1S/C13H19NO2S2/c1-9-5-6-11(17-9)18-10-7-14(8-10)12(15)16-13(2,3)4/h5-6,10H,7-8H2,1-4H3. The smallest absolute Gasteiger partial charge is 0.410 e. The van der Waals surface area contributed by atoms with E-state index in [4.69, 9.17) is 4.74 Å². The maximum Gasteiger partial charge on any atom is 0.410 e. The third-order valence-electron chi connectivity index (χ3n) is 2.50. The summed E-state index contributed by atoms with van der Waals surface area (Å²) in [5.74, 6) is 0. The molecule has 0 atom stereocenters. The van der Waals surface area contributed by atoms with Crippen molar-refractivity contribution in [3.05, 3.63) is 17.0 Å². The van der Waals surface area contributed by atoms with E-state index in [1.165, 1.54) is 9.09 Å². The minimum atomic E-state index is -0.403. The molecule has 5 heteroatoms. The molecule has 18 heavy (non-hydrogen) atoms. The Morgan fingerprint density at radius 2 is 2.11 bits per heavy atom. The van der Waals surface area contributed by atoms with E-state index in [9.17, 15) is 4.79 Å². The van der Waals surface area contributed by atoms with Crippen molar-refractivity contribution in [3.63, 3.8) is 0 Å². The monoisotopic (exact) mass is 285 g/mol. The second kappa shape index (κ2) is 5.13. The highest BCUT2D eigenvalue weighted by Crippen LogP contribution is 2.34. The van der Waals surface area contributed by atoms with Gasteiger partial charge >= 0.3 is 6.09 Å². The Labute approximate surface area is 117 Å². The number of carbonyl (C=O) groups is 1. The number of thioether (sulfide) groups is 1. The number of likely N-dealkylation sites (tertiary alicyclic amines) is 1. The van der Waals surface area contributed by atoms with Gasteiger partial charge in [-0.05, 0) is 39.8 Å². The topological polar surface area (TPSA) is 29.5 Å². The van der Waals surface area contributed by atoms with E-state index in [0.29, 0.717) is 5.25 Å². The van der Waals surface area contributed by atoms with E-state index in [1.54, 1.807) is 4.90 Å². The van der Waals surface area contributed by atoms with Gasteiger partial charge in [0.05, 0.1) is 4.21 Å². The van der Waals surface area contributed by atoms with Gasteiger partial charge in [-0.1, -0.05) is 0 Å². The summed E-state index contributed by atoms with van der Waals surface area (Å²) >= 11 is 3.67. The third-order valence-corrected chi connectivity index (χ3v) is 4.83. The van der Waals surface area contributed by atoms with Crippen molar-refractivity contribution in [3.8, 4) is 0 Å². The van der Waals surface area contributed by atoms with Crippen molar-refractivity contribution in [2.45, 2.75) is 42.8 Å². The molecule has 1 aromatic rings. The van der Waals surface area contributed by atoms with E-state index in [-0.39, 0.29) is 6.09 Å². The van der Waals surface area contributed by atoms with Crippen LogP contribution < -0.4 is 0 Å². The minimum Gasteiger partial charge on any atom is -0.444 e. The first-order valence-electron chi connectivity index (χ1n) is 6.04. The van der Waals surface area contributed by atoms with Crippen LogP contribution in [0.1, 0.15) is 25.6 Å². The molecule has 1 aliphatic rings. The predicted octanol–water partition coefficient (Wildman–Crippen LogP) is 3.77. The quantitative estimate of drug-likeness (QED) is 0.828. The summed E-state index contributed by atoms with van der Waals surface area (Å²) in [4.78, 5) is 14.8. The Hall–Kier alpha value is -0.680. The Kier molecular flexibility index (Phi) is 3.92. The number of amides is 1. The summed E-state index contributed by atoms with van der Waals surface area (Å²) in [5, 5.41) is 0.510. The molecule has 0 radical (unpaired) electrons. The highest BCUT2D eigenvalue weighted by Gasteiger charge is 2.34. The largest absolute Gasteiger partial charge is 0.444 e. The van der Waals surface area contributed by atoms with Crippen LogP contribution in [0.15, 0.2) is 16.3 Å². The number of hydrogen-bond acceptors (Lipinski definition) is 4. The normalized spacial score (nSPS) is 16.6. The average Bonchev–Trinajstić information content (AvgIpc) is 2.53. The molecule has 1 saturated heterocycles. The third kappa shape index (κ3) is 3.65. The maximum absolute atomic E-state index is 11.7. The Balaban J connectivity index is 1.75. The number of rotatable bonds is 2. The first-order valence-corrected chi connectivity index (χ1v) is 7.74. The van der Waals surface area contributed by atoms with Gasteiger partial charge in [0.15, 0.2) is 0 Å². The van der Waals surface area contributed by atoms with Crippen LogP contribution in [0.25, 0.3) is 0 Å². The van der Waals surface area contributed by atoms with Gasteiger partial charge in [-0.15, -0.1) is 23.1 Å². The summed E-state index contributed by atoms with van der Waals surface area (Å²) in [7, 11) is 0. The molecular weight excluding hydrogens is 266 g/mol. The molecule has 0 aromatic carbocycles. The lowest BCUT2D eigenvalue weighted by Gasteiger charge is -2.39. The number of nitrogens with zero attached hydrogens (tertiary/aromatic N) is 1. The fourth-order valence-corrected chi connectivity index (χ4v) is 4.20. The van der Waals surface area contributed by atoms with Crippen LogP contribution in [0, 0.1) is 6.92 Å². The maximum atomic E-state index is 11.7. The molecule has 3 nitrogen and oxygen atoms in total. The number of hydrogen-bond donors (Lipinski definition) is 0. The van der Waals surface area contributed by atoms with Gasteiger partial charge in [0.25, 0.3) is 0 Å². The fraction of sp³-hybridized carbons (Fsp3) is 0.615. The summed E-state index contributed by atoms with van der Waals surface area (Å²) in [6.45, 7) is 9.37. The lowest BCUT2D eigenvalue weighted by molar-refractivity contribution is 0.0144. The molecule has 1 amide bonds. The number of ether oxygens (including phenoxy) is 1. The van der Waals surface area contributed by atoms with Crippen molar-refractivity contribution >= 4 is 29.2 Å². The Bertz CT molecular complexity index is 430. The van der Waals surface area contributed by atoms with Crippen LogP contribution in [0.2, 0.25) is 0 Å². The lowest BCUT2D eigenvalue weighted by atomic mass is 10.2. The van der Waals surface area contributed by atoms with Crippen molar-refractivity contribution in [1.29, 1.82) is 0 Å². The first-order chi connectivity index (χ1) is 8.33. The number of carbonyl (C=O) groups excluding carboxylic acids is 1. The Morgan fingerprint density at radius 1 is 1.44 bits per heavy atom. The molecule has 0 aliphatic carbocycles. The van der Waals surface area contributed by atoms with E-state index < -0.39 is 5.60 Å². The summed E-state index contributed by atoms with van der Waals surface area (Å²) in [6, 6.07) is 4.29. The van der Waals surface area contributed by atoms with Crippen LogP contribution in [-0.4, -0.2) is 34.9 Å². The van der Waals surface area contributed by atoms with Gasteiger partial charge in [-0.2, -0.15) is 0 Å². The van der Waals surface area contributed by atoms with E-state index in [0.717, 1.165) is 13.1 Å². The van der Waals surface area contributed by atoms with Crippen LogP contribution >= 0.6 is 23.1 Å². The molecular formula is C13H19NO2S2. The summed E-state index contributed by atoms with van der Waals surface area (Å²) in [5.41, 5.74) is -0.403. The van der Waals surface area contributed by atoms with Crippen LogP contribution in [0.5, 0.6) is 0 Å². The van der Waals surface area contributed by atoms with Gasteiger partial charge in [0.1, 0.15) is 5.60 Å². The first kappa shape index (κ1) is 13.7. The molecule has 0 saturated carbocycles. The zero-order chi connectivity index (χ0) is 13.3. The average molecular weight is 285 g/mol. The van der Waals surface area contributed by atoms with Crippen molar-refractivity contribution in [1.82, 2.24) is 4.90 Å². The predicted molar refractivity (Wildman–Crippen MR) is 76.5 cm³/mol. The van der Waals surface area contributed by atoms with E-state index in [1.807, 2.05) is 43.9 Å². The summed E-state index contributed by atoms with van der Waals surface area (Å²) in [6.07, 6.45) is -0.193. The van der Waals surface area contributed by atoms with Gasteiger partial charge in [0, 0.05) is 23.2 Å². The Morgan fingerprint density at radius 3 is 2.61 bits per heavy atom. The molecule has 1 aromatic heterocycles. The highest BCUT2D eigenvalue weighted by atomic mass is 32.2. The molecule has 1 aliphatic heterocycles. The molecule has 1 fully saturated rings. The van der Waals surface area contributed by atoms with Crippen molar-refractivity contribution < 1.29 is 9.53 Å². The zero-order valence-corrected chi connectivity index (χ0v) is 12.9. The van der Waals surface area contributed by atoms with E-state index in [2.05, 4.69) is 19.1 Å². The molecule has 100 valence electrons. The van der Waals surface area contributed by atoms with Crippen molar-refractivity contribution in [2.24, 2.45) is 0 Å². The SMILES string of the molecule is Cc1ccc(SC2CN(C(=O)OC(C)(C)C)C2)s1. The van der Waals surface area contributed by atoms with Crippen LogP contribution in [-0.2, 0) is 4.74 Å². The summed E-state index contributed by atoms with van der Waals surface area (Å²) < 4.78 is 6.66. The minimum absolute atomic E-state index is 0.193. The van der Waals surface area contributed by atoms with Crippen LogP contribution in [0.3, 0.4) is 0 Å². The zero-order valence-electron chi connectivity index (χ0n) is 11.2. The highest BCUT2D eigenvalue weighted by molar-refractivity contribution is 8.01. The molecule has 0 spiro atoms. The molecule has 0 N–H and O–H groups in total. The number of aryl methyl sites for hydroxylation is 1. The fourth-order valence-electron chi connectivity index (χ4n) is 1.63. The lowest BCUT2D eigenvalue weighted by Crippen LogP contribution is -2.53. The van der Waals surface area contributed by atoms with Gasteiger partial charge < -0.3 is 9.64 Å². The molecule has 0 bridgehead atoms. The second-order valence-electron chi connectivity index (χ2n) is 5.49. The van der Waals surface area contributed by atoms with Gasteiger partial charge in [0.2, 0.25) is 0 Å². The van der Waals surface area contributed by atoms with Crippen molar-refractivity contribution in [2.75, 3.05) is 13.1 Å². The molecule has 2 heterocycles. The van der Waals surface area contributed by atoms with E-state index >= 15 is 0 Å². The second-order valence-corrected chi connectivity index (χ2v) is 8.38.